The molecule has 2 aromatic carbocycles. The maximum Gasteiger partial charge on any atom is 0.338 e. The lowest BCUT2D eigenvalue weighted by molar-refractivity contribution is 0.00692. The number of carbonyl (C=O) groups excluding carboxylic acids is 1. The molecule has 0 radical (unpaired) electrons. The van der Waals surface area contributed by atoms with Gasteiger partial charge in [0.05, 0.1) is 11.1 Å². The first-order valence-electron chi connectivity index (χ1n) is 15.0. The van der Waals surface area contributed by atoms with Crippen LogP contribution in [0.3, 0.4) is 0 Å². The number of nitrogens with zero attached hydrogens (tertiary/aromatic N) is 2. The van der Waals surface area contributed by atoms with Crippen LogP contribution in [0, 0.1) is 0 Å². The van der Waals surface area contributed by atoms with E-state index in [2.05, 4.69) is 15.1 Å². The van der Waals surface area contributed by atoms with Crippen molar-refractivity contribution in [3.8, 4) is 0 Å². The quantitative estimate of drug-likeness (QED) is 0.393. The zero-order valence-electron chi connectivity index (χ0n) is 26.0. The number of benzene rings is 2. The fourth-order valence-corrected chi connectivity index (χ4v) is 5.02. The van der Waals surface area contributed by atoms with Crippen LogP contribution in [0.25, 0.3) is 0 Å². The summed E-state index contributed by atoms with van der Waals surface area (Å²) in [7, 11) is 2.03. The molecule has 41 heavy (non-hydrogen) atoms. The minimum atomic E-state index is -0.878. The molecular formula is C33H52N4O4. The summed E-state index contributed by atoms with van der Waals surface area (Å²) in [5, 5.41) is 12.2. The second kappa shape index (κ2) is 17.2. The van der Waals surface area contributed by atoms with E-state index >= 15 is 0 Å². The van der Waals surface area contributed by atoms with Gasteiger partial charge in [-0.3, -0.25) is 9.80 Å². The van der Waals surface area contributed by atoms with Crippen molar-refractivity contribution in [2.75, 3.05) is 33.2 Å². The van der Waals surface area contributed by atoms with Gasteiger partial charge in [-0.15, -0.1) is 0 Å². The van der Waals surface area contributed by atoms with E-state index in [9.17, 15) is 9.59 Å². The molecule has 0 unspecified atom stereocenters. The predicted molar refractivity (Wildman–Crippen MR) is 166 cm³/mol. The molecule has 2 saturated heterocycles. The minimum Gasteiger partial charge on any atom is -0.478 e. The van der Waals surface area contributed by atoms with Crippen LogP contribution >= 0.6 is 0 Å². The maximum atomic E-state index is 12.0. The number of rotatable bonds is 7. The third-order valence-corrected chi connectivity index (χ3v) is 7.06. The topological polar surface area (TPSA) is 108 Å². The van der Waals surface area contributed by atoms with E-state index < -0.39 is 11.6 Å². The van der Waals surface area contributed by atoms with Crippen molar-refractivity contribution < 1.29 is 19.4 Å². The van der Waals surface area contributed by atoms with E-state index in [1.165, 1.54) is 18.4 Å². The number of carbonyl (C=O) groups is 2. The van der Waals surface area contributed by atoms with Gasteiger partial charge in [-0.05, 0) is 102 Å². The van der Waals surface area contributed by atoms with Gasteiger partial charge in [0, 0.05) is 38.3 Å². The Hall–Kier alpha value is -2.78. The second-order valence-corrected chi connectivity index (χ2v) is 11.7. The van der Waals surface area contributed by atoms with Gasteiger partial charge in [-0.1, -0.05) is 38.1 Å². The molecule has 2 atom stereocenters. The molecule has 2 fully saturated rings. The number of likely N-dealkylation sites (N-methyl/N-ethyl adjacent to an activating group) is 1. The SMILES string of the molecule is CC.CN[C@@H]1CCCN(Cc2ccc(C(=O)OC(C)(C)C)cc2)C1.N[C@H]1CCCN(Cc2ccc(C(=O)O)cc2)C1. The number of piperidine rings is 2. The highest BCUT2D eigenvalue weighted by Gasteiger charge is 2.20. The van der Waals surface area contributed by atoms with E-state index in [1.54, 1.807) is 12.1 Å². The van der Waals surface area contributed by atoms with Crippen LogP contribution in [-0.2, 0) is 17.8 Å². The van der Waals surface area contributed by atoms with E-state index in [1.807, 2.05) is 78.1 Å². The number of hydrogen-bond donors (Lipinski definition) is 3. The molecule has 2 aromatic rings. The van der Waals surface area contributed by atoms with Crippen molar-refractivity contribution in [3.63, 3.8) is 0 Å². The Labute approximate surface area is 247 Å². The summed E-state index contributed by atoms with van der Waals surface area (Å²) in [5.41, 5.74) is 8.81. The minimum absolute atomic E-state index is 0.257. The summed E-state index contributed by atoms with van der Waals surface area (Å²) in [6.45, 7) is 15.7. The Morgan fingerprint density at radius 2 is 1.37 bits per heavy atom. The third kappa shape index (κ3) is 12.7. The largest absolute Gasteiger partial charge is 0.478 e. The molecule has 0 aromatic heterocycles. The number of likely N-dealkylation sites (tertiary alicyclic amines) is 2. The van der Waals surface area contributed by atoms with Crippen LogP contribution in [0.1, 0.15) is 92.1 Å². The average Bonchev–Trinajstić information content (AvgIpc) is 2.94. The zero-order chi connectivity index (χ0) is 30.4. The van der Waals surface area contributed by atoms with Gasteiger partial charge in [0.15, 0.2) is 0 Å². The molecular weight excluding hydrogens is 516 g/mol. The molecule has 4 rings (SSSR count). The van der Waals surface area contributed by atoms with Crippen molar-refractivity contribution >= 4 is 11.9 Å². The Balaban J connectivity index is 0.000000278. The molecule has 2 aliphatic heterocycles. The Bertz CT molecular complexity index is 1050. The van der Waals surface area contributed by atoms with Crippen molar-refractivity contribution in [1.82, 2.24) is 15.1 Å². The Morgan fingerprint density at radius 1 is 0.878 bits per heavy atom. The highest BCUT2D eigenvalue weighted by atomic mass is 16.6. The summed E-state index contributed by atoms with van der Waals surface area (Å²) in [6.07, 6.45) is 4.74. The van der Waals surface area contributed by atoms with Crippen molar-refractivity contribution in [2.45, 2.75) is 91.1 Å². The Morgan fingerprint density at radius 3 is 1.83 bits per heavy atom. The number of hydrogen-bond acceptors (Lipinski definition) is 7. The fourth-order valence-electron chi connectivity index (χ4n) is 5.02. The summed E-state index contributed by atoms with van der Waals surface area (Å²) in [5.74, 6) is -1.14. The summed E-state index contributed by atoms with van der Waals surface area (Å²) in [4.78, 5) is 27.5. The van der Waals surface area contributed by atoms with Crippen LogP contribution in [0.2, 0.25) is 0 Å². The van der Waals surface area contributed by atoms with Crippen LogP contribution in [0.5, 0.6) is 0 Å². The Kier molecular flexibility index (Phi) is 14.5. The van der Waals surface area contributed by atoms with Gasteiger partial charge in [0.1, 0.15) is 5.60 Å². The van der Waals surface area contributed by atoms with Crippen LogP contribution in [0.15, 0.2) is 48.5 Å². The monoisotopic (exact) mass is 568 g/mol. The first kappa shape index (κ1) is 34.4. The molecule has 8 nitrogen and oxygen atoms in total. The normalized spacial score (nSPS) is 19.7. The zero-order valence-corrected chi connectivity index (χ0v) is 26.0. The summed E-state index contributed by atoms with van der Waals surface area (Å²) >= 11 is 0. The number of esters is 1. The van der Waals surface area contributed by atoms with Crippen LogP contribution in [0.4, 0.5) is 0 Å². The van der Waals surface area contributed by atoms with E-state index in [-0.39, 0.29) is 12.0 Å². The number of carboxylic acid groups (broad SMARTS) is 1. The molecule has 8 heteroatoms. The molecule has 2 heterocycles. The highest BCUT2D eigenvalue weighted by Crippen LogP contribution is 2.17. The van der Waals surface area contributed by atoms with Crippen LogP contribution in [-0.4, -0.2) is 77.8 Å². The molecule has 2 aliphatic rings. The molecule has 228 valence electrons. The number of nitrogens with one attached hydrogen (secondary N) is 1. The lowest BCUT2D eigenvalue weighted by atomic mass is 10.0. The molecule has 0 spiro atoms. The lowest BCUT2D eigenvalue weighted by Crippen LogP contribution is -2.43. The van der Waals surface area contributed by atoms with Crippen molar-refractivity contribution in [3.05, 3.63) is 70.8 Å². The first-order chi connectivity index (χ1) is 19.5. The molecule has 4 N–H and O–H groups in total. The molecule has 0 saturated carbocycles. The number of ether oxygens (including phenoxy) is 1. The third-order valence-electron chi connectivity index (χ3n) is 7.06. The molecule has 0 bridgehead atoms. The smallest absolute Gasteiger partial charge is 0.338 e. The van der Waals surface area contributed by atoms with Gasteiger partial charge in [-0.25, -0.2) is 9.59 Å². The standard InChI is InChI=1S/C18H28N2O2.C13H18N2O2.C2H6/c1-18(2,3)22-17(21)15-9-7-14(8-10-15)12-20-11-5-6-16(13-20)19-4;14-12-2-1-7-15(9-12)8-10-3-5-11(6-4-10)13(16)17;1-2/h7-10,16,19H,5-6,11-13H2,1-4H3;3-6,12H,1-2,7-9,14H2,(H,16,17);1-2H3/t16-;12-;/m10./s1. The summed E-state index contributed by atoms with van der Waals surface area (Å²) in [6, 6.07) is 15.7. The fraction of sp³-hybridized carbons (Fsp3) is 0.576. The second-order valence-electron chi connectivity index (χ2n) is 11.7. The van der Waals surface area contributed by atoms with Crippen LogP contribution < -0.4 is 11.1 Å². The van der Waals surface area contributed by atoms with Crippen molar-refractivity contribution in [1.29, 1.82) is 0 Å². The highest BCUT2D eigenvalue weighted by molar-refractivity contribution is 5.89. The van der Waals surface area contributed by atoms with Gasteiger partial charge >= 0.3 is 11.9 Å². The first-order valence-corrected chi connectivity index (χ1v) is 15.0. The predicted octanol–water partition coefficient (Wildman–Crippen LogP) is 5.16. The van der Waals surface area contributed by atoms with E-state index in [0.717, 1.165) is 57.7 Å². The maximum absolute atomic E-state index is 12.0. The van der Waals surface area contributed by atoms with E-state index in [0.29, 0.717) is 17.2 Å². The average molecular weight is 569 g/mol. The number of nitrogens with two attached hydrogens (primary N) is 1. The van der Waals surface area contributed by atoms with Gasteiger partial charge in [-0.2, -0.15) is 0 Å². The lowest BCUT2D eigenvalue weighted by Gasteiger charge is -2.32. The number of carboxylic acids is 1. The van der Waals surface area contributed by atoms with Crippen molar-refractivity contribution in [2.24, 2.45) is 5.73 Å². The van der Waals surface area contributed by atoms with Gasteiger partial charge in [0.25, 0.3) is 0 Å². The van der Waals surface area contributed by atoms with E-state index in [4.69, 9.17) is 15.6 Å². The number of aromatic carboxylic acids is 1. The molecule has 0 aliphatic carbocycles. The summed E-state index contributed by atoms with van der Waals surface area (Å²) < 4.78 is 5.38. The van der Waals surface area contributed by atoms with Gasteiger partial charge < -0.3 is 20.9 Å². The van der Waals surface area contributed by atoms with Gasteiger partial charge in [0.2, 0.25) is 0 Å². The molecule has 0 amide bonds.